The van der Waals surface area contributed by atoms with E-state index in [0.717, 1.165) is 13.0 Å². The zero-order chi connectivity index (χ0) is 32.4. The van der Waals surface area contributed by atoms with Crippen molar-refractivity contribution in [2.24, 2.45) is 0 Å². The lowest BCUT2D eigenvalue weighted by molar-refractivity contribution is -0.149. The molecule has 0 aliphatic carbocycles. The number of nitrogens with one attached hydrogen (secondary N) is 2. The highest BCUT2D eigenvalue weighted by Crippen LogP contribution is 2.48. The van der Waals surface area contributed by atoms with Gasteiger partial charge in [0.1, 0.15) is 24.1 Å². The summed E-state index contributed by atoms with van der Waals surface area (Å²) in [6, 6.07) is 3.45. The molecule has 4 rings (SSSR count). The zero-order valence-corrected chi connectivity index (χ0v) is 25.7. The summed E-state index contributed by atoms with van der Waals surface area (Å²) in [6.45, 7) is 8.78. The Kier molecular flexibility index (Phi) is 9.86. The third-order valence-corrected chi connectivity index (χ3v) is 8.46. The summed E-state index contributed by atoms with van der Waals surface area (Å²) in [4.78, 5) is 37.2. The monoisotopic (exact) mass is 639 g/mol. The maximum atomic E-state index is 15.8. The average Bonchev–Trinajstić information content (AvgIpc) is 3.45. The lowest BCUT2D eigenvalue weighted by Crippen LogP contribution is -2.51. The van der Waals surface area contributed by atoms with Crippen molar-refractivity contribution < 1.29 is 56.1 Å². The highest BCUT2D eigenvalue weighted by atomic mass is 31.2. The molecule has 2 aromatic rings. The van der Waals surface area contributed by atoms with Gasteiger partial charge in [-0.15, -0.1) is 0 Å². The average molecular weight is 640 g/mol. The number of hydrogen-bond acceptors (Lipinski definition) is 12. The number of hydrogen-bond donors (Lipinski definition) is 3. The standard InChI is InChI=1S/C28H35FN3O11P/c1-15(2)41-26(36)16(3)31-44(37,43-20-9-7-8-19-18(12-23(34)38-6)13-39-24(19)20)40-14-21-25(35)28(5,29)27(42-21)32-11-10-22(33)30-17(32)4/h7-11,13,15-16,21,25,27,35H,4,12,14H2,1-3,5-6H3,(H,30,33)(H,31,37)/t16-,21+,25+,27+,28+,44?/m0/s1. The molecule has 0 radical (unpaired) electrons. The maximum Gasteiger partial charge on any atom is 0.459 e. The summed E-state index contributed by atoms with van der Waals surface area (Å²) in [5.41, 5.74) is -1.79. The van der Waals surface area contributed by atoms with Crippen LogP contribution in [0.3, 0.4) is 0 Å². The first-order chi connectivity index (χ1) is 20.6. The van der Waals surface area contributed by atoms with E-state index in [-0.39, 0.29) is 23.6 Å². The van der Waals surface area contributed by atoms with Crippen molar-refractivity contribution in [3.63, 3.8) is 0 Å². The van der Waals surface area contributed by atoms with Crippen molar-refractivity contribution in [3.05, 3.63) is 54.7 Å². The minimum absolute atomic E-state index is 0.0198. The van der Waals surface area contributed by atoms with Crippen molar-refractivity contribution in [1.82, 2.24) is 15.3 Å². The number of methoxy groups -OCH3 is 1. The van der Waals surface area contributed by atoms with Gasteiger partial charge in [-0.2, -0.15) is 5.09 Å². The van der Waals surface area contributed by atoms with Crippen LogP contribution in [0.4, 0.5) is 4.39 Å². The number of carbonyl (C=O) groups excluding carboxylic acids is 3. The summed E-state index contributed by atoms with van der Waals surface area (Å²) in [7, 11) is -3.28. The molecule has 1 unspecified atom stereocenters. The number of amides is 1. The van der Waals surface area contributed by atoms with E-state index in [9.17, 15) is 24.1 Å². The number of ether oxygens (including phenoxy) is 3. The molecule has 2 aliphatic rings. The minimum Gasteiger partial charge on any atom is -0.469 e. The number of benzene rings is 1. The number of halogens is 1. The highest BCUT2D eigenvalue weighted by Gasteiger charge is 2.57. The van der Waals surface area contributed by atoms with Crippen molar-refractivity contribution in [2.75, 3.05) is 13.7 Å². The minimum atomic E-state index is -4.53. The smallest absolute Gasteiger partial charge is 0.459 e. The summed E-state index contributed by atoms with van der Waals surface area (Å²) in [5, 5.41) is 16.2. The molecule has 0 bridgehead atoms. The molecule has 44 heavy (non-hydrogen) atoms. The molecule has 240 valence electrons. The van der Waals surface area contributed by atoms with E-state index in [0.29, 0.717) is 10.9 Å². The Morgan fingerprint density at radius 2 is 2.05 bits per heavy atom. The maximum absolute atomic E-state index is 15.8. The van der Waals surface area contributed by atoms with Gasteiger partial charge in [0.05, 0.1) is 32.5 Å². The highest BCUT2D eigenvalue weighted by molar-refractivity contribution is 7.52. The lowest BCUT2D eigenvalue weighted by Gasteiger charge is -2.35. The second-order valence-corrected chi connectivity index (χ2v) is 12.3. The Labute approximate surface area is 252 Å². The Morgan fingerprint density at radius 1 is 1.32 bits per heavy atom. The number of nitrogens with zero attached hydrogens (tertiary/aromatic N) is 1. The van der Waals surface area contributed by atoms with Crippen LogP contribution < -0.4 is 14.9 Å². The van der Waals surface area contributed by atoms with Crippen LogP contribution in [-0.2, 0) is 44.1 Å². The number of aliphatic hydroxyl groups excluding tert-OH is 1. The second-order valence-electron chi connectivity index (χ2n) is 10.6. The number of fused-ring (bicyclic) bond motifs is 1. The summed E-state index contributed by atoms with van der Waals surface area (Å²) >= 11 is 0. The molecule has 1 fully saturated rings. The van der Waals surface area contributed by atoms with Crippen LogP contribution in [0.5, 0.6) is 5.75 Å². The molecule has 16 heteroatoms. The number of esters is 2. The fourth-order valence-electron chi connectivity index (χ4n) is 4.59. The third kappa shape index (κ3) is 7.13. The molecule has 0 spiro atoms. The molecule has 6 atom stereocenters. The van der Waals surface area contributed by atoms with Crippen molar-refractivity contribution in [3.8, 4) is 5.75 Å². The third-order valence-electron chi connectivity index (χ3n) is 6.83. The molecule has 3 N–H and O–H groups in total. The Hall–Kier alpha value is -3.75. The van der Waals surface area contributed by atoms with E-state index in [1.54, 1.807) is 26.0 Å². The Bertz CT molecular complexity index is 1510. The largest absolute Gasteiger partial charge is 0.469 e. The van der Waals surface area contributed by atoms with Gasteiger partial charge in [0.15, 0.2) is 23.2 Å². The summed E-state index contributed by atoms with van der Waals surface area (Å²) in [5.74, 6) is -1.78. The van der Waals surface area contributed by atoms with E-state index >= 15 is 4.39 Å². The topological polar surface area (TPSA) is 175 Å². The van der Waals surface area contributed by atoms with Crippen LogP contribution >= 0.6 is 7.75 Å². The van der Waals surface area contributed by atoms with Gasteiger partial charge in [0, 0.05) is 23.2 Å². The number of carbonyl (C=O) groups is 3. The van der Waals surface area contributed by atoms with Gasteiger partial charge in [-0.1, -0.05) is 18.7 Å². The van der Waals surface area contributed by atoms with E-state index in [1.165, 1.54) is 37.5 Å². The molecule has 1 aromatic carbocycles. The molecular formula is C28H35FN3O11P. The van der Waals surface area contributed by atoms with Crippen LogP contribution in [0.1, 0.15) is 33.3 Å². The van der Waals surface area contributed by atoms with Gasteiger partial charge < -0.3 is 38.5 Å². The number of furan rings is 1. The van der Waals surface area contributed by atoms with Crippen LogP contribution in [-0.4, -0.2) is 77.8 Å². The van der Waals surface area contributed by atoms with Gasteiger partial charge in [0.2, 0.25) is 0 Å². The fraction of sp³-hybridized carbons (Fsp3) is 0.464. The Morgan fingerprint density at radius 3 is 2.70 bits per heavy atom. The molecule has 1 saturated heterocycles. The van der Waals surface area contributed by atoms with E-state index < -0.39 is 68.4 Å². The van der Waals surface area contributed by atoms with Crippen LogP contribution in [0.2, 0.25) is 0 Å². The van der Waals surface area contributed by atoms with Gasteiger partial charge in [-0.3, -0.25) is 18.9 Å². The molecule has 1 amide bonds. The predicted octanol–water partition coefficient (Wildman–Crippen LogP) is 2.81. The summed E-state index contributed by atoms with van der Waals surface area (Å²) < 4.78 is 62.7. The Balaban J connectivity index is 1.59. The SMILES string of the molecule is C=C1NC(=O)C=CN1[C@@H]1O[C@H](COP(=O)(N[C@@H](C)C(=O)OC(C)C)Oc2cccc3c(CC(=O)OC)coc23)[C@@H](O)[C@@]1(C)F. The van der Waals surface area contributed by atoms with E-state index in [2.05, 4.69) is 17.0 Å². The molecule has 0 saturated carbocycles. The van der Waals surface area contributed by atoms with Crippen molar-refractivity contribution >= 4 is 36.6 Å². The van der Waals surface area contributed by atoms with Gasteiger partial charge in [-0.05, 0) is 33.8 Å². The number of aliphatic hydroxyl groups is 1. The molecular weight excluding hydrogens is 604 g/mol. The van der Waals surface area contributed by atoms with E-state index in [4.69, 9.17) is 27.7 Å². The first-order valence-electron chi connectivity index (χ1n) is 13.6. The molecule has 14 nitrogen and oxygen atoms in total. The first kappa shape index (κ1) is 33.1. The number of alkyl halides is 1. The first-order valence-corrected chi connectivity index (χ1v) is 15.2. The van der Waals surface area contributed by atoms with E-state index in [1.807, 2.05) is 0 Å². The molecule has 2 aliphatic heterocycles. The number of para-hydroxylation sites is 1. The lowest BCUT2D eigenvalue weighted by atomic mass is 9.98. The number of rotatable bonds is 12. The quantitative estimate of drug-likeness (QED) is 0.229. The van der Waals surface area contributed by atoms with Crippen molar-refractivity contribution in [2.45, 2.75) is 70.4 Å². The van der Waals surface area contributed by atoms with Crippen molar-refractivity contribution in [1.29, 1.82) is 0 Å². The molecule has 1 aromatic heterocycles. The predicted molar refractivity (Wildman–Crippen MR) is 152 cm³/mol. The summed E-state index contributed by atoms with van der Waals surface area (Å²) in [6.07, 6.45) is -1.44. The van der Waals surface area contributed by atoms with Crippen LogP contribution in [0, 0.1) is 0 Å². The van der Waals surface area contributed by atoms with Gasteiger partial charge in [-0.25, -0.2) is 8.96 Å². The second kappa shape index (κ2) is 13.1. The zero-order valence-electron chi connectivity index (χ0n) is 24.8. The van der Waals surface area contributed by atoms with Crippen LogP contribution in [0.15, 0.2) is 53.6 Å². The normalized spacial score (nSPS) is 25.5. The van der Waals surface area contributed by atoms with Gasteiger partial charge in [0.25, 0.3) is 5.91 Å². The molecule has 3 heterocycles. The fourth-order valence-corrected chi connectivity index (χ4v) is 6.10. The van der Waals surface area contributed by atoms with Gasteiger partial charge >= 0.3 is 19.7 Å². The van der Waals surface area contributed by atoms with Crippen LogP contribution in [0.25, 0.3) is 11.0 Å².